The maximum absolute atomic E-state index is 5.19. The van der Waals surface area contributed by atoms with E-state index in [2.05, 4.69) is 12.2 Å². The van der Waals surface area contributed by atoms with Gasteiger partial charge in [-0.3, -0.25) is 0 Å². The van der Waals surface area contributed by atoms with Crippen molar-refractivity contribution >= 4 is 17.4 Å². The molecule has 0 saturated carbocycles. The molecule has 0 aromatic rings. The van der Waals surface area contributed by atoms with Gasteiger partial charge < -0.3 is 10.6 Å². The van der Waals surface area contributed by atoms with Gasteiger partial charge in [0.2, 0.25) is 0 Å². The molecule has 58 valence electrons. The van der Waals surface area contributed by atoms with Gasteiger partial charge in [0.1, 0.15) is 0 Å². The van der Waals surface area contributed by atoms with E-state index in [4.69, 9.17) is 10.6 Å². The average Bonchev–Trinajstić information content (AvgIpc) is 1.88. The zero-order valence-electron chi connectivity index (χ0n) is 5.88. The predicted molar refractivity (Wildman–Crippen MR) is 43.3 cm³/mol. The second-order valence-corrected chi connectivity index (χ2v) is 2.80. The summed E-state index contributed by atoms with van der Waals surface area (Å²) in [5, 5.41) is 1.95. The maximum Gasteiger partial charge on any atom is 0.276 e. The highest BCUT2D eigenvalue weighted by Gasteiger charge is 2.10. The van der Waals surface area contributed by atoms with E-state index >= 15 is 0 Å². The van der Waals surface area contributed by atoms with Crippen molar-refractivity contribution in [1.82, 2.24) is 5.06 Å². The van der Waals surface area contributed by atoms with Crippen LogP contribution in [0.1, 0.15) is 19.3 Å². The number of hydroxylamine groups is 2. The molecule has 0 unspecified atom stereocenters. The van der Waals surface area contributed by atoms with Gasteiger partial charge in [-0.05, 0) is 25.1 Å². The third kappa shape index (κ3) is 2.49. The fourth-order valence-corrected chi connectivity index (χ4v) is 1.19. The van der Waals surface area contributed by atoms with Gasteiger partial charge in [0.05, 0.1) is 0 Å². The Hall–Kier alpha value is -0.350. The minimum Gasteiger partial charge on any atom is -0.376 e. The molecule has 0 bridgehead atoms. The van der Waals surface area contributed by atoms with E-state index in [1.165, 1.54) is 19.3 Å². The monoisotopic (exact) mass is 160 g/mol. The maximum atomic E-state index is 5.19. The number of piperidine rings is 1. The topological polar surface area (TPSA) is 38.5 Å². The molecule has 0 spiro atoms. The van der Waals surface area contributed by atoms with Crippen molar-refractivity contribution in [2.75, 3.05) is 13.1 Å². The number of nitrogens with two attached hydrogens (primary N) is 1. The standard InChI is InChI=1S/C6H12N2OS/c7-6(10)9-8-4-2-1-3-5-8/h1-5H2,(H2,7,10). The van der Waals surface area contributed by atoms with Gasteiger partial charge in [-0.15, -0.1) is 5.06 Å². The molecule has 3 nitrogen and oxygen atoms in total. The van der Waals surface area contributed by atoms with Crippen LogP contribution in [0.5, 0.6) is 0 Å². The molecule has 0 aromatic carbocycles. The SMILES string of the molecule is NC(=S)ON1CCCCC1. The van der Waals surface area contributed by atoms with Crippen LogP contribution in [0.3, 0.4) is 0 Å². The summed E-state index contributed by atoms with van der Waals surface area (Å²) in [6.07, 6.45) is 3.66. The highest BCUT2D eigenvalue weighted by Crippen LogP contribution is 2.08. The second kappa shape index (κ2) is 3.73. The van der Waals surface area contributed by atoms with Crippen LogP contribution in [0.4, 0.5) is 0 Å². The van der Waals surface area contributed by atoms with Crippen LogP contribution in [0, 0.1) is 0 Å². The first-order chi connectivity index (χ1) is 4.79. The van der Waals surface area contributed by atoms with E-state index in [9.17, 15) is 0 Å². The molecule has 0 radical (unpaired) electrons. The molecule has 2 N–H and O–H groups in total. The van der Waals surface area contributed by atoms with E-state index < -0.39 is 0 Å². The highest BCUT2D eigenvalue weighted by atomic mass is 32.1. The Kier molecular flexibility index (Phi) is 2.89. The van der Waals surface area contributed by atoms with Crippen LogP contribution in [0.2, 0.25) is 0 Å². The molecular formula is C6H12N2OS. The van der Waals surface area contributed by atoms with Crippen molar-refractivity contribution in [3.05, 3.63) is 0 Å². The minimum atomic E-state index is 0.127. The van der Waals surface area contributed by atoms with Crippen LogP contribution in [0.25, 0.3) is 0 Å². The van der Waals surface area contributed by atoms with Crippen molar-refractivity contribution < 1.29 is 4.84 Å². The van der Waals surface area contributed by atoms with Gasteiger partial charge in [-0.25, -0.2) is 0 Å². The molecule has 4 heteroatoms. The van der Waals surface area contributed by atoms with Gasteiger partial charge >= 0.3 is 0 Å². The minimum absolute atomic E-state index is 0.127. The fraction of sp³-hybridized carbons (Fsp3) is 0.833. The van der Waals surface area contributed by atoms with Crippen LogP contribution in [-0.2, 0) is 4.84 Å². The Labute approximate surface area is 66.1 Å². The smallest absolute Gasteiger partial charge is 0.276 e. The van der Waals surface area contributed by atoms with Gasteiger partial charge in [0.25, 0.3) is 5.17 Å². The zero-order valence-corrected chi connectivity index (χ0v) is 6.69. The summed E-state index contributed by atoms with van der Waals surface area (Å²) >= 11 is 4.59. The first-order valence-corrected chi connectivity index (χ1v) is 3.92. The number of hydrogen-bond acceptors (Lipinski definition) is 3. The molecule has 0 atom stereocenters. The summed E-state index contributed by atoms with van der Waals surface area (Å²) in [6.45, 7) is 1.91. The molecule has 0 amide bonds. The average molecular weight is 160 g/mol. The summed E-state index contributed by atoms with van der Waals surface area (Å²) in [7, 11) is 0. The van der Waals surface area contributed by atoms with Crippen LogP contribution < -0.4 is 5.73 Å². The molecule has 1 saturated heterocycles. The molecule has 0 aliphatic carbocycles. The third-order valence-electron chi connectivity index (χ3n) is 1.53. The van der Waals surface area contributed by atoms with Crippen molar-refractivity contribution in [3.63, 3.8) is 0 Å². The lowest BCUT2D eigenvalue weighted by atomic mass is 10.2. The van der Waals surface area contributed by atoms with E-state index in [1.54, 1.807) is 0 Å². The number of thiocarbonyl (C=S) groups is 1. The van der Waals surface area contributed by atoms with Gasteiger partial charge in [-0.2, -0.15) is 0 Å². The molecular weight excluding hydrogens is 148 g/mol. The Morgan fingerprint density at radius 1 is 1.30 bits per heavy atom. The Balaban J connectivity index is 2.19. The molecule has 1 fully saturated rings. The zero-order chi connectivity index (χ0) is 7.40. The summed E-state index contributed by atoms with van der Waals surface area (Å²) in [6, 6.07) is 0. The largest absolute Gasteiger partial charge is 0.376 e. The normalized spacial score (nSPS) is 20.4. The first kappa shape index (κ1) is 7.75. The number of hydrogen-bond donors (Lipinski definition) is 1. The van der Waals surface area contributed by atoms with Crippen molar-refractivity contribution in [1.29, 1.82) is 0 Å². The lowest BCUT2D eigenvalue weighted by molar-refractivity contribution is -0.0841. The fourth-order valence-electron chi connectivity index (χ4n) is 1.08. The van der Waals surface area contributed by atoms with Crippen LogP contribution in [-0.4, -0.2) is 23.3 Å². The second-order valence-electron chi connectivity index (χ2n) is 2.40. The Morgan fingerprint density at radius 2 is 1.90 bits per heavy atom. The first-order valence-electron chi connectivity index (χ1n) is 3.51. The molecule has 1 heterocycles. The van der Waals surface area contributed by atoms with Crippen molar-refractivity contribution in [2.24, 2.45) is 5.73 Å². The quantitative estimate of drug-likeness (QED) is 0.571. The van der Waals surface area contributed by atoms with E-state index in [0.29, 0.717) is 0 Å². The van der Waals surface area contributed by atoms with E-state index in [0.717, 1.165) is 13.1 Å². The molecule has 1 aliphatic rings. The molecule has 1 aliphatic heterocycles. The Bertz CT molecular complexity index is 123. The molecule has 0 aromatic heterocycles. The number of rotatable bonds is 1. The van der Waals surface area contributed by atoms with Gasteiger partial charge in [-0.1, -0.05) is 6.42 Å². The summed E-state index contributed by atoms with van der Waals surface area (Å²) in [4.78, 5) is 5.03. The van der Waals surface area contributed by atoms with Crippen LogP contribution >= 0.6 is 12.2 Å². The highest BCUT2D eigenvalue weighted by molar-refractivity contribution is 7.79. The van der Waals surface area contributed by atoms with Crippen molar-refractivity contribution in [2.45, 2.75) is 19.3 Å². The van der Waals surface area contributed by atoms with Gasteiger partial charge in [0.15, 0.2) is 0 Å². The lowest BCUT2D eigenvalue weighted by Crippen LogP contribution is -2.34. The van der Waals surface area contributed by atoms with Gasteiger partial charge in [0, 0.05) is 13.1 Å². The Morgan fingerprint density at radius 3 is 2.40 bits per heavy atom. The third-order valence-corrected chi connectivity index (χ3v) is 1.61. The summed E-state index contributed by atoms with van der Waals surface area (Å²) in [5.74, 6) is 0. The summed E-state index contributed by atoms with van der Waals surface area (Å²) < 4.78 is 0. The van der Waals surface area contributed by atoms with E-state index in [-0.39, 0.29) is 5.17 Å². The molecule has 10 heavy (non-hydrogen) atoms. The van der Waals surface area contributed by atoms with Crippen LogP contribution in [0.15, 0.2) is 0 Å². The number of nitrogens with zero attached hydrogens (tertiary/aromatic N) is 1. The van der Waals surface area contributed by atoms with Crippen molar-refractivity contribution in [3.8, 4) is 0 Å². The summed E-state index contributed by atoms with van der Waals surface area (Å²) in [5.41, 5.74) is 5.19. The van der Waals surface area contributed by atoms with E-state index in [1.807, 2.05) is 5.06 Å². The molecule has 1 rings (SSSR count). The lowest BCUT2D eigenvalue weighted by Gasteiger charge is -2.24. The predicted octanol–water partition coefficient (Wildman–Crippen LogP) is 0.647.